The Labute approximate surface area is 215 Å². The number of rotatable bonds is 17. The third-order valence-electron chi connectivity index (χ3n) is 6.71. The predicted molar refractivity (Wildman–Crippen MR) is 142 cm³/mol. The molecule has 0 aromatic heterocycles. The summed E-state index contributed by atoms with van der Waals surface area (Å²) >= 11 is 0. The number of ether oxygens (including phenoxy) is 1. The Morgan fingerprint density at radius 2 is 1.25 bits per heavy atom. The van der Waals surface area contributed by atoms with Crippen LogP contribution in [0, 0.1) is 6.92 Å². The summed E-state index contributed by atoms with van der Waals surface area (Å²) in [6.07, 6.45) is 20.0. The highest BCUT2D eigenvalue weighted by Crippen LogP contribution is 2.28. The van der Waals surface area contributed by atoms with Crippen LogP contribution in [-0.4, -0.2) is 34.0 Å². The topological polar surface area (TPSA) is 104 Å². The summed E-state index contributed by atoms with van der Waals surface area (Å²) in [6.45, 7) is 1.71. The zero-order valence-corrected chi connectivity index (χ0v) is 21.9. The van der Waals surface area contributed by atoms with Gasteiger partial charge in [0.1, 0.15) is 11.5 Å². The second-order valence-electron chi connectivity index (χ2n) is 9.58. The van der Waals surface area contributed by atoms with Crippen LogP contribution >= 0.6 is 0 Å². The predicted octanol–water partition coefficient (Wildman–Crippen LogP) is 7.07. The fourth-order valence-corrected chi connectivity index (χ4v) is 4.38. The molecule has 1 aromatic carbocycles. The Kier molecular flexibility index (Phi) is 12.9. The van der Waals surface area contributed by atoms with E-state index in [2.05, 4.69) is 12.2 Å². The van der Waals surface area contributed by atoms with Crippen molar-refractivity contribution in [2.24, 2.45) is 0 Å². The number of allylic oxidation sites excluding steroid dienone is 4. The maximum Gasteiger partial charge on any atom is 0.227 e. The number of hydrogen-bond donors (Lipinski definition) is 3. The number of carbonyl (C=O) groups is 2. The lowest BCUT2D eigenvalue weighted by Crippen LogP contribution is -2.20. The van der Waals surface area contributed by atoms with E-state index in [9.17, 15) is 24.9 Å². The third-order valence-corrected chi connectivity index (χ3v) is 6.71. The molecule has 36 heavy (non-hydrogen) atoms. The van der Waals surface area contributed by atoms with E-state index in [1.165, 1.54) is 26.4 Å². The standard InChI is InChI=1S/C30H42O6/c1-22-25(31)19-23(20-26(22)32)17-15-13-11-9-7-5-3-4-6-8-10-12-14-16-18-24-29(34)27(33)21-28(36-2)30(24)35/h3-4,19-21,31-32,34H,5-18H2,1-2H3/b4-3-. The second kappa shape index (κ2) is 15.9. The summed E-state index contributed by atoms with van der Waals surface area (Å²) in [4.78, 5) is 23.9. The number of phenolic OH excluding ortho intramolecular Hbond substituents is 2. The van der Waals surface area contributed by atoms with Gasteiger partial charge in [-0.15, -0.1) is 0 Å². The Morgan fingerprint density at radius 1 is 0.750 bits per heavy atom. The van der Waals surface area contributed by atoms with Crippen molar-refractivity contribution >= 4 is 11.6 Å². The van der Waals surface area contributed by atoms with Crippen LogP contribution in [0.5, 0.6) is 11.5 Å². The maximum absolute atomic E-state index is 12.2. The molecular weight excluding hydrogens is 456 g/mol. The number of phenols is 2. The highest BCUT2D eigenvalue weighted by Gasteiger charge is 2.28. The van der Waals surface area contributed by atoms with Crippen LogP contribution in [0.25, 0.3) is 0 Å². The number of aromatic hydroxyl groups is 2. The number of ketones is 2. The summed E-state index contributed by atoms with van der Waals surface area (Å²) in [5.74, 6) is -1.04. The molecule has 0 heterocycles. The summed E-state index contributed by atoms with van der Waals surface area (Å²) in [7, 11) is 1.35. The van der Waals surface area contributed by atoms with Gasteiger partial charge in [-0.05, 0) is 76.0 Å². The number of benzene rings is 1. The van der Waals surface area contributed by atoms with Gasteiger partial charge < -0.3 is 20.1 Å². The summed E-state index contributed by atoms with van der Waals surface area (Å²) < 4.78 is 4.93. The van der Waals surface area contributed by atoms with E-state index in [1.807, 2.05) is 0 Å². The van der Waals surface area contributed by atoms with E-state index in [1.54, 1.807) is 19.1 Å². The number of hydrogen-bond acceptors (Lipinski definition) is 6. The minimum atomic E-state index is -0.560. The van der Waals surface area contributed by atoms with Gasteiger partial charge in [-0.1, -0.05) is 50.7 Å². The van der Waals surface area contributed by atoms with Gasteiger partial charge in [-0.25, -0.2) is 0 Å². The van der Waals surface area contributed by atoms with Crippen LogP contribution in [0.15, 0.2) is 47.5 Å². The van der Waals surface area contributed by atoms with Gasteiger partial charge in [0.25, 0.3) is 0 Å². The van der Waals surface area contributed by atoms with Crippen molar-refractivity contribution in [1.29, 1.82) is 0 Å². The van der Waals surface area contributed by atoms with Crippen LogP contribution < -0.4 is 0 Å². The van der Waals surface area contributed by atoms with Crippen LogP contribution in [-0.2, 0) is 20.7 Å². The zero-order valence-electron chi connectivity index (χ0n) is 21.9. The SMILES string of the molecule is COC1=CC(=O)C(O)=C(CCCCCCC/C=C\CCCCCCCc2cc(O)c(C)c(O)c2)C1=O. The van der Waals surface area contributed by atoms with Crippen molar-refractivity contribution in [3.05, 3.63) is 58.6 Å². The molecule has 0 unspecified atom stereocenters. The second-order valence-corrected chi connectivity index (χ2v) is 9.58. The molecule has 1 aromatic rings. The van der Waals surface area contributed by atoms with E-state index in [-0.39, 0.29) is 28.6 Å². The maximum atomic E-state index is 12.2. The quantitative estimate of drug-likeness (QED) is 0.121. The summed E-state index contributed by atoms with van der Waals surface area (Å²) in [6, 6.07) is 3.50. The largest absolute Gasteiger partial charge is 0.508 e. The number of aryl methyl sites for hydroxylation is 1. The smallest absolute Gasteiger partial charge is 0.227 e. The molecule has 0 aliphatic heterocycles. The molecule has 198 valence electrons. The third kappa shape index (κ3) is 9.56. The lowest BCUT2D eigenvalue weighted by molar-refractivity contribution is -0.119. The molecule has 0 bridgehead atoms. The Hall–Kier alpha value is -3.02. The van der Waals surface area contributed by atoms with Gasteiger partial charge >= 0.3 is 0 Å². The Balaban J connectivity index is 1.42. The fraction of sp³-hybridized carbons (Fsp3) is 0.533. The molecule has 0 atom stereocenters. The average molecular weight is 499 g/mol. The van der Waals surface area contributed by atoms with Crippen molar-refractivity contribution in [1.82, 2.24) is 0 Å². The minimum Gasteiger partial charge on any atom is -0.508 e. The molecule has 3 N–H and O–H groups in total. The molecule has 1 aliphatic rings. The minimum absolute atomic E-state index is 0.00138. The molecule has 2 rings (SSSR count). The number of aliphatic hydroxyl groups is 1. The monoisotopic (exact) mass is 498 g/mol. The molecule has 0 spiro atoms. The molecule has 1 aliphatic carbocycles. The van der Waals surface area contributed by atoms with Gasteiger partial charge in [0, 0.05) is 17.2 Å². The molecule has 0 amide bonds. The van der Waals surface area contributed by atoms with Gasteiger partial charge in [0.05, 0.1) is 7.11 Å². The van der Waals surface area contributed by atoms with Crippen LogP contribution in [0.2, 0.25) is 0 Å². The molecule has 6 heteroatoms. The molecule has 6 nitrogen and oxygen atoms in total. The summed E-state index contributed by atoms with van der Waals surface area (Å²) in [5, 5.41) is 29.5. The first-order chi connectivity index (χ1) is 17.3. The van der Waals surface area contributed by atoms with E-state index < -0.39 is 11.5 Å². The zero-order chi connectivity index (χ0) is 26.3. The highest BCUT2D eigenvalue weighted by molar-refractivity contribution is 6.20. The lowest BCUT2D eigenvalue weighted by atomic mass is 9.94. The number of aliphatic hydroxyl groups excluding tert-OH is 1. The van der Waals surface area contributed by atoms with Crippen molar-refractivity contribution in [2.75, 3.05) is 7.11 Å². The molecule has 0 saturated heterocycles. The van der Waals surface area contributed by atoms with E-state index in [4.69, 9.17) is 4.74 Å². The number of carbonyl (C=O) groups excluding carboxylic acids is 2. The van der Waals surface area contributed by atoms with E-state index in [0.717, 1.165) is 75.8 Å². The van der Waals surface area contributed by atoms with Crippen molar-refractivity contribution in [3.63, 3.8) is 0 Å². The van der Waals surface area contributed by atoms with Crippen LogP contribution in [0.4, 0.5) is 0 Å². The Morgan fingerprint density at radius 3 is 1.81 bits per heavy atom. The molecule has 0 radical (unpaired) electrons. The number of unbranched alkanes of at least 4 members (excludes halogenated alkanes) is 10. The Bertz CT molecular complexity index is 947. The van der Waals surface area contributed by atoms with Crippen molar-refractivity contribution in [2.45, 2.75) is 96.8 Å². The van der Waals surface area contributed by atoms with Crippen LogP contribution in [0.3, 0.4) is 0 Å². The first kappa shape index (κ1) is 29.2. The van der Waals surface area contributed by atoms with Crippen molar-refractivity contribution in [3.8, 4) is 11.5 Å². The number of methoxy groups -OCH3 is 1. The van der Waals surface area contributed by atoms with Crippen molar-refractivity contribution < 1.29 is 29.6 Å². The fourth-order valence-electron chi connectivity index (χ4n) is 4.38. The normalized spacial score (nSPS) is 14.1. The van der Waals surface area contributed by atoms with E-state index in [0.29, 0.717) is 12.0 Å². The highest BCUT2D eigenvalue weighted by atomic mass is 16.5. The molecule has 0 fully saturated rings. The first-order valence-electron chi connectivity index (χ1n) is 13.3. The number of Topliss-reactive ketones (excluding diaryl/α,β-unsaturated/α-hetero) is 1. The van der Waals surface area contributed by atoms with Gasteiger partial charge in [-0.2, -0.15) is 0 Å². The lowest BCUT2D eigenvalue weighted by Gasteiger charge is -2.14. The first-order valence-corrected chi connectivity index (χ1v) is 13.3. The van der Waals surface area contributed by atoms with Crippen LogP contribution in [0.1, 0.15) is 94.6 Å². The van der Waals surface area contributed by atoms with Gasteiger partial charge in [-0.3, -0.25) is 9.59 Å². The molecular formula is C30H42O6. The van der Waals surface area contributed by atoms with Gasteiger partial charge in [0.15, 0.2) is 11.5 Å². The average Bonchev–Trinajstić information content (AvgIpc) is 2.86. The molecule has 0 saturated carbocycles. The summed E-state index contributed by atoms with van der Waals surface area (Å²) in [5.41, 5.74) is 1.70. The van der Waals surface area contributed by atoms with E-state index >= 15 is 0 Å². The van der Waals surface area contributed by atoms with Gasteiger partial charge in [0.2, 0.25) is 11.6 Å².